The molecule has 1 aromatic rings. The molecule has 0 radical (unpaired) electrons. The average molecular weight is 293 g/mol. The molecule has 0 heterocycles. The average Bonchev–Trinajstić information content (AvgIpc) is 2.35. The Labute approximate surface area is 111 Å². The summed E-state index contributed by atoms with van der Waals surface area (Å²) in [5, 5.41) is 12.3. The van der Waals surface area contributed by atoms with Gasteiger partial charge in [-0.2, -0.15) is 5.26 Å². The highest BCUT2D eigenvalue weighted by atomic mass is 79.9. The van der Waals surface area contributed by atoms with Crippen molar-refractivity contribution in [3.8, 4) is 6.07 Å². The molecule has 1 aromatic carbocycles. The Morgan fingerprint density at radius 2 is 2.18 bits per heavy atom. The Hall–Kier alpha value is -1.27. The van der Waals surface area contributed by atoms with Gasteiger partial charge >= 0.3 is 0 Å². The van der Waals surface area contributed by atoms with E-state index in [9.17, 15) is 0 Å². The van der Waals surface area contributed by atoms with Crippen LogP contribution in [0.1, 0.15) is 31.2 Å². The molecule has 0 aliphatic carbocycles. The fraction of sp³-hybridized carbons (Fsp3) is 0.357. The lowest BCUT2D eigenvalue weighted by atomic mass is 10.1. The highest BCUT2D eigenvalue weighted by Crippen LogP contribution is 2.20. The molecule has 2 nitrogen and oxygen atoms in total. The van der Waals surface area contributed by atoms with E-state index in [1.165, 1.54) is 12.8 Å². The number of nitrogens with one attached hydrogen (secondary N) is 1. The summed E-state index contributed by atoms with van der Waals surface area (Å²) >= 11 is 3.36. The van der Waals surface area contributed by atoms with E-state index >= 15 is 0 Å². The predicted octanol–water partition coefficient (Wildman–Crippen LogP) is 4.48. The van der Waals surface area contributed by atoms with E-state index in [0.29, 0.717) is 5.56 Å². The van der Waals surface area contributed by atoms with Crippen LogP contribution in [0.2, 0.25) is 0 Å². The summed E-state index contributed by atoms with van der Waals surface area (Å²) in [6.45, 7) is 4.61. The van der Waals surface area contributed by atoms with Crippen molar-refractivity contribution in [2.45, 2.75) is 25.7 Å². The quantitative estimate of drug-likeness (QED) is 0.594. The summed E-state index contributed by atoms with van der Waals surface area (Å²) in [5.74, 6) is 0. The van der Waals surface area contributed by atoms with Gasteiger partial charge < -0.3 is 5.32 Å². The number of allylic oxidation sites excluding steroid dienone is 1. The van der Waals surface area contributed by atoms with Crippen LogP contribution >= 0.6 is 15.9 Å². The fourth-order valence-electron chi connectivity index (χ4n) is 1.58. The molecule has 0 aliphatic heterocycles. The first-order valence-electron chi connectivity index (χ1n) is 5.82. The Balaban J connectivity index is 2.36. The zero-order chi connectivity index (χ0) is 12.5. The lowest BCUT2D eigenvalue weighted by molar-refractivity contribution is 0.708. The Bertz CT molecular complexity index is 407. The van der Waals surface area contributed by atoms with Gasteiger partial charge in [-0.3, -0.25) is 0 Å². The van der Waals surface area contributed by atoms with E-state index in [1.807, 2.05) is 24.3 Å². The topological polar surface area (TPSA) is 35.8 Å². The van der Waals surface area contributed by atoms with Crippen molar-refractivity contribution < 1.29 is 0 Å². The van der Waals surface area contributed by atoms with Crippen LogP contribution in [0.4, 0.5) is 5.69 Å². The summed E-state index contributed by atoms with van der Waals surface area (Å²) in [5.41, 5.74) is 1.60. The minimum Gasteiger partial charge on any atom is -0.384 e. The molecule has 3 heteroatoms. The van der Waals surface area contributed by atoms with Crippen molar-refractivity contribution in [2.24, 2.45) is 0 Å². The first kappa shape index (κ1) is 13.8. The minimum atomic E-state index is 0.686. The second-order valence-corrected chi connectivity index (χ2v) is 4.78. The zero-order valence-corrected chi connectivity index (χ0v) is 11.5. The van der Waals surface area contributed by atoms with Gasteiger partial charge in [0.25, 0.3) is 0 Å². The summed E-state index contributed by atoms with van der Waals surface area (Å²) < 4.78 is 0.936. The number of anilines is 1. The van der Waals surface area contributed by atoms with E-state index in [-0.39, 0.29) is 0 Å². The van der Waals surface area contributed by atoms with Crippen LogP contribution < -0.4 is 5.32 Å². The van der Waals surface area contributed by atoms with Gasteiger partial charge in [0.15, 0.2) is 0 Å². The maximum Gasteiger partial charge on any atom is 0.101 e. The van der Waals surface area contributed by atoms with E-state index in [0.717, 1.165) is 29.5 Å². The molecule has 0 fully saturated rings. The molecule has 0 aromatic heterocycles. The third-order valence-corrected chi connectivity index (χ3v) is 3.00. The molecular weight excluding hydrogens is 276 g/mol. The van der Waals surface area contributed by atoms with Crippen LogP contribution in [0.15, 0.2) is 35.3 Å². The van der Waals surface area contributed by atoms with Crippen molar-refractivity contribution >= 4 is 21.6 Å². The number of halogens is 1. The number of nitrogens with zero attached hydrogens (tertiary/aromatic N) is 1. The summed E-state index contributed by atoms with van der Waals surface area (Å²) in [6.07, 6.45) is 6.54. The standard InChI is InChI=1S/C14H17BrN2/c1-2-3-4-5-6-9-17-14-8-7-13(15)10-12(14)11-16/h2,7-8,10,17H,1,3-6,9H2. The predicted molar refractivity (Wildman–Crippen MR) is 76.0 cm³/mol. The van der Waals surface area contributed by atoms with Gasteiger partial charge in [0.1, 0.15) is 6.07 Å². The highest BCUT2D eigenvalue weighted by Gasteiger charge is 2.01. The van der Waals surface area contributed by atoms with Crippen LogP contribution in [0.3, 0.4) is 0 Å². The molecule has 0 saturated carbocycles. The van der Waals surface area contributed by atoms with Crippen molar-refractivity contribution in [1.29, 1.82) is 5.26 Å². The second kappa shape index (κ2) is 7.92. The van der Waals surface area contributed by atoms with Gasteiger partial charge in [-0.05, 0) is 37.5 Å². The van der Waals surface area contributed by atoms with Crippen LogP contribution in [0, 0.1) is 11.3 Å². The smallest absolute Gasteiger partial charge is 0.101 e. The molecule has 0 atom stereocenters. The molecule has 17 heavy (non-hydrogen) atoms. The van der Waals surface area contributed by atoms with Gasteiger partial charge in [-0.25, -0.2) is 0 Å². The van der Waals surface area contributed by atoms with Crippen LogP contribution in [0.25, 0.3) is 0 Å². The maximum absolute atomic E-state index is 8.99. The maximum atomic E-state index is 8.99. The number of benzene rings is 1. The summed E-state index contributed by atoms with van der Waals surface area (Å²) in [7, 11) is 0. The molecular formula is C14H17BrN2. The van der Waals surface area contributed by atoms with E-state index in [1.54, 1.807) is 0 Å². The SMILES string of the molecule is C=CCCCCCNc1ccc(Br)cc1C#N. The van der Waals surface area contributed by atoms with Gasteiger partial charge in [0.05, 0.1) is 11.3 Å². The van der Waals surface area contributed by atoms with E-state index in [2.05, 4.69) is 33.9 Å². The number of hydrogen-bond donors (Lipinski definition) is 1. The van der Waals surface area contributed by atoms with Crippen LogP contribution in [0.5, 0.6) is 0 Å². The molecule has 1 N–H and O–H groups in total. The molecule has 90 valence electrons. The lowest BCUT2D eigenvalue weighted by Gasteiger charge is -2.08. The number of nitriles is 1. The van der Waals surface area contributed by atoms with E-state index in [4.69, 9.17) is 5.26 Å². The molecule has 1 rings (SSSR count). The highest BCUT2D eigenvalue weighted by molar-refractivity contribution is 9.10. The number of rotatable bonds is 7. The van der Waals surface area contributed by atoms with Crippen molar-refractivity contribution in [1.82, 2.24) is 0 Å². The van der Waals surface area contributed by atoms with Crippen LogP contribution in [-0.4, -0.2) is 6.54 Å². The molecule has 0 aliphatic rings. The van der Waals surface area contributed by atoms with Crippen molar-refractivity contribution in [2.75, 3.05) is 11.9 Å². The Kier molecular flexibility index (Phi) is 6.42. The summed E-state index contributed by atoms with van der Waals surface area (Å²) in [6, 6.07) is 7.91. The van der Waals surface area contributed by atoms with Crippen molar-refractivity contribution in [3.05, 3.63) is 40.9 Å². The first-order chi connectivity index (χ1) is 8.27. The second-order valence-electron chi connectivity index (χ2n) is 3.87. The fourth-order valence-corrected chi connectivity index (χ4v) is 1.94. The third-order valence-electron chi connectivity index (χ3n) is 2.50. The summed E-state index contributed by atoms with van der Waals surface area (Å²) in [4.78, 5) is 0. The lowest BCUT2D eigenvalue weighted by Crippen LogP contribution is -2.03. The number of hydrogen-bond acceptors (Lipinski definition) is 2. The van der Waals surface area contributed by atoms with Crippen molar-refractivity contribution in [3.63, 3.8) is 0 Å². The molecule has 0 saturated heterocycles. The largest absolute Gasteiger partial charge is 0.384 e. The molecule has 0 bridgehead atoms. The monoisotopic (exact) mass is 292 g/mol. The van der Waals surface area contributed by atoms with Gasteiger partial charge in [-0.15, -0.1) is 6.58 Å². The van der Waals surface area contributed by atoms with Gasteiger partial charge in [0.2, 0.25) is 0 Å². The zero-order valence-electron chi connectivity index (χ0n) is 9.88. The Morgan fingerprint density at radius 3 is 2.88 bits per heavy atom. The van der Waals surface area contributed by atoms with Gasteiger partial charge in [-0.1, -0.05) is 28.4 Å². The van der Waals surface area contributed by atoms with Gasteiger partial charge in [0, 0.05) is 11.0 Å². The van der Waals surface area contributed by atoms with Crippen LogP contribution in [-0.2, 0) is 0 Å². The molecule has 0 amide bonds. The number of unbranched alkanes of at least 4 members (excludes halogenated alkanes) is 3. The van der Waals surface area contributed by atoms with E-state index < -0.39 is 0 Å². The Morgan fingerprint density at radius 1 is 1.35 bits per heavy atom. The minimum absolute atomic E-state index is 0.686. The first-order valence-corrected chi connectivity index (χ1v) is 6.61. The normalized spacial score (nSPS) is 9.65. The third kappa shape index (κ3) is 5.06. The molecule has 0 spiro atoms. The molecule has 0 unspecified atom stereocenters.